The average molecular weight is 196 g/mol. The summed E-state index contributed by atoms with van der Waals surface area (Å²) in [5.74, 6) is 3.01. The summed E-state index contributed by atoms with van der Waals surface area (Å²) in [6.45, 7) is 7.08. The largest absolute Gasteiger partial charge is 0.0651 e. The van der Waals surface area contributed by atoms with Crippen LogP contribution in [0.1, 0.15) is 72.1 Å². The molecule has 0 bridgehead atoms. The van der Waals surface area contributed by atoms with Gasteiger partial charge in [0.15, 0.2) is 0 Å². The minimum Gasteiger partial charge on any atom is -0.0651 e. The van der Waals surface area contributed by atoms with Crippen LogP contribution in [0.3, 0.4) is 0 Å². The van der Waals surface area contributed by atoms with E-state index in [1.807, 2.05) is 0 Å². The van der Waals surface area contributed by atoms with Crippen molar-refractivity contribution in [3.63, 3.8) is 0 Å². The van der Waals surface area contributed by atoms with Crippen LogP contribution >= 0.6 is 0 Å². The first kappa shape index (κ1) is 12.1. The Balaban J connectivity index is 2.27. The van der Waals surface area contributed by atoms with Crippen LogP contribution in [-0.4, -0.2) is 0 Å². The van der Waals surface area contributed by atoms with E-state index in [0.717, 1.165) is 17.8 Å². The lowest BCUT2D eigenvalue weighted by atomic mass is 9.87. The van der Waals surface area contributed by atoms with Crippen molar-refractivity contribution in [2.75, 3.05) is 0 Å². The highest BCUT2D eigenvalue weighted by atomic mass is 14.2. The summed E-state index contributed by atoms with van der Waals surface area (Å²) in [4.78, 5) is 0. The van der Waals surface area contributed by atoms with Crippen LogP contribution in [0, 0.1) is 17.8 Å². The van der Waals surface area contributed by atoms with Crippen molar-refractivity contribution in [1.29, 1.82) is 0 Å². The van der Waals surface area contributed by atoms with E-state index >= 15 is 0 Å². The minimum absolute atomic E-state index is 0.901. The molecule has 14 heavy (non-hydrogen) atoms. The Bertz CT molecular complexity index is 137. The highest BCUT2D eigenvalue weighted by Crippen LogP contribution is 2.32. The first-order valence-corrected chi connectivity index (χ1v) is 6.72. The molecule has 0 heterocycles. The van der Waals surface area contributed by atoms with E-state index in [-0.39, 0.29) is 0 Å². The maximum absolute atomic E-state index is 2.37. The third kappa shape index (κ3) is 4.48. The summed E-state index contributed by atoms with van der Waals surface area (Å²) >= 11 is 0. The zero-order valence-electron chi connectivity index (χ0n) is 10.4. The van der Waals surface area contributed by atoms with Crippen molar-refractivity contribution in [2.24, 2.45) is 17.8 Å². The number of hydrogen-bond donors (Lipinski definition) is 0. The van der Waals surface area contributed by atoms with Gasteiger partial charge in [0.25, 0.3) is 0 Å². The minimum atomic E-state index is 0.901. The van der Waals surface area contributed by atoms with Crippen LogP contribution in [0.4, 0.5) is 0 Å². The summed E-state index contributed by atoms with van der Waals surface area (Å²) in [6.07, 6.45) is 11.9. The molecule has 0 heteroatoms. The molecule has 2 atom stereocenters. The van der Waals surface area contributed by atoms with Crippen LogP contribution in [0.25, 0.3) is 0 Å². The SMILES string of the molecule is CCC1CCCCC(CCC(C)C)C1. The molecule has 84 valence electrons. The molecule has 0 aromatic rings. The van der Waals surface area contributed by atoms with Gasteiger partial charge in [0.05, 0.1) is 0 Å². The maximum atomic E-state index is 2.37. The van der Waals surface area contributed by atoms with Crippen LogP contribution in [-0.2, 0) is 0 Å². The van der Waals surface area contributed by atoms with Crippen LogP contribution in [0.5, 0.6) is 0 Å². The summed E-state index contributed by atoms with van der Waals surface area (Å²) in [6, 6.07) is 0. The molecule has 0 spiro atoms. The second kappa shape index (κ2) is 6.48. The van der Waals surface area contributed by atoms with E-state index in [0.29, 0.717) is 0 Å². The van der Waals surface area contributed by atoms with E-state index in [9.17, 15) is 0 Å². The molecule has 0 aromatic heterocycles. The second-order valence-corrected chi connectivity index (χ2v) is 5.63. The molecule has 1 fully saturated rings. The smallest absolute Gasteiger partial charge is 0.0412 e. The summed E-state index contributed by atoms with van der Waals surface area (Å²) in [5, 5.41) is 0. The molecule has 0 saturated heterocycles. The molecule has 0 aliphatic heterocycles. The molecule has 1 aliphatic carbocycles. The highest BCUT2D eigenvalue weighted by molar-refractivity contribution is 4.71. The van der Waals surface area contributed by atoms with Crippen LogP contribution < -0.4 is 0 Å². The first-order valence-electron chi connectivity index (χ1n) is 6.72. The summed E-state index contributed by atoms with van der Waals surface area (Å²) in [5.41, 5.74) is 0. The fourth-order valence-electron chi connectivity index (χ4n) is 2.78. The Kier molecular flexibility index (Phi) is 5.59. The Hall–Kier alpha value is 0. The molecule has 2 unspecified atom stereocenters. The molecule has 0 N–H and O–H groups in total. The lowest BCUT2D eigenvalue weighted by Crippen LogP contribution is -2.06. The Morgan fingerprint density at radius 3 is 2.29 bits per heavy atom. The third-order valence-electron chi connectivity index (χ3n) is 3.87. The lowest BCUT2D eigenvalue weighted by molar-refractivity contribution is 0.329. The summed E-state index contributed by atoms with van der Waals surface area (Å²) < 4.78 is 0. The molecule has 1 saturated carbocycles. The predicted octanol–water partition coefficient (Wildman–Crippen LogP) is 5.03. The van der Waals surface area contributed by atoms with Gasteiger partial charge in [-0.2, -0.15) is 0 Å². The third-order valence-corrected chi connectivity index (χ3v) is 3.87. The Morgan fingerprint density at radius 1 is 1.07 bits per heavy atom. The zero-order chi connectivity index (χ0) is 10.4. The lowest BCUT2D eigenvalue weighted by Gasteiger charge is -2.19. The zero-order valence-corrected chi connectivity index (χ0v) is 10.4. The van der Waals surface area contributed by atoms with Gasteiger partial charge in [-0.1, -0.05) is 65.7 Å². The van der Waals surface area contributed by atoms with Crippen LogP contribution in [0.15, 0.2) is 0 Å². The molecular weight excluding hydrogens is 168 g/mol. The molecule has 1 aliphatic rings. The van der Waals surface area contributed by atoms with E-state index in [1.54, 1.807) is 0 Å². The van der Waals surface area contributed by atoms with Crippen molar-refractivity contribution in [3.8, 4) is 0 Å². The van der Waals surface area contributed by atoms with Crippen LogP contribution in [0.2, 0.25) is 0 Å². The standard InChI is InChI=1S/C14H28/c1-4-13-7-5-6-8-14(11-13)10-9-12(2)3/h12-14H,4-11H2,1-3H3. The van der Waals surface area contributed by atoms with Gasteiger partial charge < -0.3 is 0 Å². The summed E-state index contributed by atoms with van der Waals surface area (Å²) in [7, 11) is 0. The fourth-order valence-corrected chi connectivity index (χ4v) is 2.78. The predicted molar refractivity (Wildman–Crippen MR) is 64.4 cm³/mol. The van der Waals surface area contributed by atoms with Gasteiger partial charge in [-0.15, -0.1) is 0 Å². The average Bonchev–Trinajstić information content (AvgIpc) is 2.39. The van der Waals surface area contributed by atoms with Crippen molar-refractivity contribution in [2.45, 2.75) is 72.1 Å². The van der Waals surface area contributed by atoms with E-state index < -0.39 is 0 Å². The normalized spacial score (nSPS) is 29.1. The van der Waals surface area contributed by atoms with Gasteiger partial charge in [-0.3, -0.25) is 0 Å². The molecule has 0 nitrogen and oxygen atoms in total. The first-order chi connectivity index (χ1) is 6.72. The van der Waals surface area contributed by atoms with Gasteiger partial charge in [0, 0.05) is 0 Å². The fraction of sp³-hybridized carbons (Fsp3) is 1.00. The highest BCUT2D eigenvalue weighted by Gasteiger charge is 2.18. The molecule has 0 amide bonds. The number of rotatable bonds is 4. The molecule has 0 aromatic carbocycles. The second-order valence-electron chi connectivity index (χ2n) is 5.63. The van der Waals surface area contributed by atoms with E-state index in [2.05, 4.69) is 20.8 Å². The van der Waals surface area contributed by atoms with Crippen molar-refractivity contribution < 1.29 is 0 Å². The monoisotopic (exact) mass is 196 g/mol. The van der Waals surface area contributed by atoms with Gasteiger partial charge in [0.1, 0.15) is 0 Å². The quantitative estimate of drug-likeness (QED) is 0.553. The maximum Gasteiger partial charge on any atom is -0.0412 e. The Labute approximate surface area is 90.5 Å². The van der Waals surface area contributed by atoms with Gasteiger partial charge in [0.2, 0.25) is 0 Å². The topological polar surface area (TPSA) is 0 Å². The Morgan fingerprint density at radius 2 is 1.71 bits per heavy atom. The molecule has 1 rings (SSSR count). The number of hydrogen-bond acceptors (Lipinski definition) is 0. The van der Waals surface area contributed by atoms with Gasteiger partial charge in [-0.05, 0) is 24.2 Å². The van der Waals surface area contributed by atoms with Gasteiger partial charge in [-0.25, -0.2) is 0 Å². The van der Waals surface area contributed by atoms with E-state index in [1.165, 1.54) is 51.4 Å². The molecule has 0 radical (unpaired) electrons. The van der Waals surface area contributed by atoms with Crippen molar-refractivity contribution >= 4 is 0 Å². The molecular formula is C14H28. The van der Waals surface area contributed by atoms with E-state index in [4.69, 9.17) is 0 Å². The van der Waals surface area contributed by atoms with Gasteiger partial charge >= 0.3 is 0 Å². The van der Waals surface area contributed by atoms with Crippen molar-refractivity contribution in [1.82, 2.24) is 0 Å². The van der Waals surface area contributed by atoms with Crippen molar-refractivity contribution in [3.05, 3.63) is 0 Å².